The fraction of sp³-hybridized carbons (Fsp3) is 0.211. The number of nitrogens with one attached hydrogen (secondary N) is 1. The van der Waals surface area contributed by atoms with Crippen molar-refractivity contribution in [2.75, 3.05) is 26.6 Å². The van der Waals surface area contributed by atoms with Crippen LogP contribution in [0.15, 0.2) is 48.7 Å². The van der Waals surface area contributed by atoms with Crippen LogP contribution in [0.2, 0.25) is 0 Å². The molecule has 0 unspecified atom stereocenters. The molecule has 26 heavy (non-hydrogen) atoms. The number of benzene rings is 2. The zero-order valence-electron chi connectivity index (χ0n) is 14.8. The van der Waals surface area contributed by atoms with E-state index >= 15 is 0 Å². The second kappa shape index (κ2) is 7.77. The van der Waals surface area contributed by atoms with Gasteiger partial charge in [0, 0.05) is 18.2 Å². The van der Waals surface area contributed by atoms with Crippen LogP contribution >= 0.6 is 0 Å². The van der Waals surface area contributed by atoms with Crippen molar-refractivity contribution < 1.29 is 18.6 Å². The fourth-order valence-corrected chi connectivity index (χ4v) is 2.56. The first-order valence-corrected chi connectivity index (χ1v) is 7.98. The zero-order chi connectivity index (χ0) is 18.5. The molecule has 0 aliphatic heterocycles. The van der Waals surface area contributed by atoms with Gasteiger partial charge in [-0.2, -0.15) is 4.98 Å². The molecule has 3 aromatic rings. The minimum Gasteiger partial charge on any atom is -0.497 e. The van der Waals surface area contributed by atoms with Gasteiger partial charge in [0.15, 0.2) is 0 Å². The number of anilines is 1. The Hall–Kier alpha value is -3.22. The monoisotopic (exact) mass is 357 g/mol. The summed E-state index contributed by atoms with van der Waals surface area (Å²) in [5, 5.41) is 3.24. The topological polar surface area (TPSA) is 57.5 Å². The number of ether oxygens (including phenoxy) is 3. The number of rotatable bonds is 7. The first kappa shape index (κ1) is 17.6. The Labute approximate surface area is 151 Å². The van der Waals surface area contributed by atoms with Gasteiger partial charge in [-0.25, -0.2) is 4.39 Å². The molecule has 0 saturated carbocycles. The summed E-state index contributed by atoms with van der Waals surface area (Å²) in [5.41, 5.74) is 1.72. The van der Waals surface area contributed by atoms with Gasteiger partial charge in [-0.15, -0.1) is 0 Å². The average Bonchev–Trinajstić information content (AvgIpc) is 3.10. The summed E-state index contributed by atoms with van der Waals surface area (Å²) < 4.78 is 30.8. The molecular weight excluding hydrogens is 337 g/mol. The molecule has 0 aliphatic carbocycles. The predicted octanol–water partition coefficient (Wildman–Crippen LogP) is 3.65. The van der Waals surface area contributed by atoms with E-state index in [1.54, 1.807) is 44.2 Å². The Morgan fingerprint density at radius 1 is 1.00 bits per heavy atom. The van der Waals surface area contributed by atoms with Crippen LogP contribution in [0, 0.1) is 5.82 Å². The Morgan fingerprint density at radius 2 is 1.77 bits per heavy atom. The number of methoxy groups -OCH3 is 3. The van der Waals surface area contributed by atoms with Crippen LogP contribution in [0.3, 0.4) is 0 Å². The molecule has 2 aromatic carbocycles. The van der Waals surface area contributed by atoms with Crippen molar-refractivity contribution >= 4 is 5.82 Å². The number of hydrogen-bond donors (Lipinski definition) is 1. The molecule has 1 aromatic heterocycles. The highest BCUT2D eigenvalue weighted by atomic mass is 19.1. The molecule has 7 heteroatoms. The van der Waals surface area contributed by atoms with E-state index in [4.69, 9.17) is 14.2 Å². The third-order valence-corrected chi connectivity index (χ3v) is 3.92. The molecule has 0 bridgehead atoms. The average molecular weight is 357 g/mol. The molecule has 0 saturated heterocycles. The van der Waals surface area contributed by atoms with Crippen molar-refractivity contribution in [3.8, 4) is 23.2 Å². The predicted molar refractivity (Wildman–Crippen MR) is 96.9 cm³/mol. The Kier molecular flexibility index (Phi) is 5.26. The minimum atomic E-state index is -0.294. The third kappa shape index (κ3) is 3.72. The third-order valence-electron chi connectivity index (χ3n) is 3.92. The lowest BCUT2D eigenvalue weighted by Crippen LogP contribution is -2.02. The molecule has 3 rings (SSSR count). The second-order valence-corrected chi connectivity index (χ2v) is 5.49. The summed E-state index contributed by atoms with van der Waals surface area (Å²) >= 11 is 0. The second-order valence-electron chi connectivity index (χ2n) is 5.49. The molecule has 136 valence electrons. The first-order chi connectivity index (χ1) is 12.6. The number of nitrogens with zero attached hydrogens (tertiary/aromatic N) is 2. The van der Waals surface area contributed by atoms with Gasteiger partial charge in [-0.3, -0.25) is 4.57 Å². The SMILES string of the molecule is COc1ccc(CNc2cn(-c3ccc(F)cc3)c(OC)n2)c(OC)c1. The van der Waals surface area contributed by atoms with E-state index in [9.17, 15) is 4.39 Å². The summed E-state index contributed by atoms with van der Waals surface area (Å²) in [5.74, 6) is 1.79. The summed E-state index contributed by atoms with van der Waals surface area (Å²) in [6.07, 6.45) is 1.79. The lowest BCUT2D eigenvalue weighted by Gasteiger charge is -2.10. The minimum absolute atomic E-state index is 0.294. The van der Waals surface area contributed by atoms with E-state index in [0.717, 1.165) is 22.7 Å². The van der Waals surface area contributed by atoms with Crippen LogP contribution in [0.5, 0.6) is 17.5 Å². The fourth-order valence-electron chi connectivity index (χ4n) is 2.56. The highest BCUT2D eigenvalue weighted by Gasteiger charge is 2.11. The van der Waals surface area contributed by atoms with Gasteiger partial charge in [-0.05, 0) is 36.4 Å². The molecule has 1 N–H and O–H groups in total. The molecule has 0 radical (unpaired) electrons. The largest absolute Gasteiger partial charge is 0.497 e. The van der Waals surface area contributed by atoms with Crippen LogP contribution in [-0.2, 0) is 6.54 Å². The smallest absolute Gasteiger partial charge is 0.302 e. The van der Waals surface area contributed by atoms with Crippen LogP contribution in [-0.4, -0.2) is 30.9 Å². The molecule has 0 fully saturated rings. The zero-order valence-corrected chi connectivity index (χ0v) is 14.8. The lowest BCUT2D eigenvalue weighted by molar-refractivity contribution is 0.374. The van der Waals surface area contributed by atoms with Gasteiger partial charge >= 0.3 is 6.01 Å². The van der Waals surface area contributed by atoms with E-state index < -0.39 is 0 Å². The maximum atomic E-state index is 13.1. The normalized spacial score (nSPS) is 10.5. The van der Waals surface area contributed by atoms with E-state index in [1.807, 2.05) is 18.2 Å². The van der Waals surface area contributed by atoms with Crippen molar-refractivity contribution in [2.45, 2.75) is 6.54 Å². The molecule has 1 heterocycles. The van der Waals surface area contributed by atoms with Crippen LogP contribution in [0.25, 0.3) is 5.69 Å². The number of halogens is 1. The van der Waals surface area contributed by atoms with E-state index in [2.05, 4.69) is 10.3 Å². The Bertz CT molecular complexity index is 878. The van der Waals surface area contributed by atoms with Crippen molar-refractivity contribution in [3.05, 3.63) is 60.0 Å². The van der Waals surface area contributed by atoms with Crippen LogP contribution in [0.4, 0.5) is 10.2 Å². The number of hydrogen-bond acceptors (Lipinski definition) is 5. The highest BCUT2D eigenvalue weighted by Crippen LogP contribution is 2.26. The summed E-state index contributed by atoms with van der Waals surface area (Å²) in [6, 6.07) is 12.1. The summed E-state index contributed by atoms with van der Waals surface area (Å²) in [4.78, 5) is 4.40. The maximum absolute atomic E-state index is 13.1. The highest BCUT2D eigenvalue weighted by molar-refractivity contribution is 5.46. The molecular formula is C19H20FN3O3. The molecule has 0 atom stereocenters. The quantitative estimate of drug-likeness (QED) is 0.699. The summed E-state index contributed by atoms with van der Waals surface area (Å²) in [6.45, 7) is 0.511. The van der Waals surface area contributed by atoms with E-state index in [-0.39, 0.29) is 5.82 Å². The van der Waals surface area contributed by atoms with Crippen molar-refractivity contribution in [1.82, 2.24) is 9.55 Å². The number of aromatic nitrogens is 2. The van der Waals surface area contributed by atoms with Gasteiger partial charge in [-0.1, -0.05) is 0 Å². The first-order valence-electron chi connectivity index (χ1n) is 7.98. The molecule has 0 aliphatic rings. The van der Waals surface area contributed by atoms with E-state index in [1.165, 1.54) is 12.1 Å². The van der Waals surface area contributed by atoms with Crippen molar-refractivity contribution in [2.24, 2.45) is 0 Å². The van der Waals surface area contributed by atoms with Gasteiger partial charge < -0.3 is 19.5 Å². The standard InChI is InChI=1S/C19H20FN3O3/c1-24-16-9-4-13(17(10-16)25-2)11-21-18-12-23(19(22-18)26-3)15-7-5-14(20)6-8-15/h4-10,12,21H,11H2,1-3H3. The van der Waals surface area contributed by atoms with Crippen LogP contribution in [0.1, 0.15) is 5.56 Å². The van der Waals surface area contributed by atoms with E-state index in [0.29, 0.717) is 18.4 Å². The Morgan fingerprint density at radius 3 is 2.42 bits per heavy atom. The summed E-state index contributed by atoms with van der Waals surface area (Å²) in [7, 11) is 4.77. The van der Waals surface area contributed by atoms with Gasteiger partial charge in [0.2, 0.25) is 0 Å². The van der Waals surface area contributed by atoms with Gasteiger partial charge in [0.05, 0.1) is 33.2 Å². The maximum Gasteiger partial charge on any atom is 0.302 e. The van der Waals surface area contributed by atoms with Crippen LogP contribution < -0.4 is 19.5 Å². The molecule has 0 amide bonds. The number of imidazole rings is 1. The lowest BCUT2D eigenvalue weighted by atomic mass is 10.2. The Balaban J connectivity index is 1.80. The molecule has 0 spiro atoms. The molecule has 6 nitrogen and oxygen atoms in total. The van der Waals surface area contributed by atoms with Gasteiger partial charge in [0.1, 0.15) is 23.1 Å². The van der Waals surface area contributed by atoms with Crippen molar-refractivity contribution in [1.29, 1.82) is 0 Å². The van der Waals surface area contributed by atoms with Crippen molar-refractivity contribution in [3.63, 3.8) is 0 Å². The van der Waals surface area contributed by atoms with Gasteiger partial charge in [0.25, 0.3) is 0 Å².